The van der Waals surface area contributed by atoms with Crippen molar-refractivity contribution < 1.29 is 14.0 Å². The number of imide groups is 1. The van der Waals surface area contributed by atoms with Gasteiger partial charge in [-0.2, -0.15) is 0 Å². The lowest BCUT2D eigenvalue weighted by molar-refractivity contribution is -0.120. The van der Waals surface area contributed by atoms with Gasteiger partial charge >= 0.3 is 0 Å². The predicted octanol–water partition coefficient (Wildman–Crippen LogP) is 3.11. The molecule has 0 fully saturated rings. The molecule has 0 atom stereocenters. The largest absolute Gasteiger partial charge is 0.269 e. The van der Waals surface area contributed by atoms with Gasteiger partial charge in [0.05, 0.1) is 10.2 Å². The molecule has 18 heavy (non-hydrogen) atoms. The topological polar surface area (TPSA) is 37.4 Å². The lowest BCUT2D eigenvalue weighted by atomic mass is 10.1. The molecule has 0 saturated heterocycles. The van der Waals surface area contributed by atoms with Gasteiger partial charge in [-0.25, -0.2) is 9.29 Å². The van der Waals surface area contributed by atoms with Gasteiger partial charge in [-0.05, 0) is 54.4 Å². The van der Waals surface area contributed by atoms with Crippen molar-refractivity contribution in [1.29, 1.82) is 0 Å². The van der Waals surface area contributed by atoms with Gasteiger partial charge in [0, 0.05) is 11.1 Å². The number of nitrogens with zero attached hydrogens (tertiary/aromatic N) is 1. The highest BCUT2D eigenvalue weighted by atomic mass is 79.9. The van der Waals surface area contributed by atoms with Gasteiger partial charge < -0.3 is 0 Å². The predicted molar refractivity (Wildman–Crippen MR) is 69.7 cm³/mol. The van der Waals surface area contributed by atoms with Crippen molar-refractivity contribution in [3.05, 3.63) is 39.1 Å². The molecule has 1 aromatic rings. The Kier molecular flexibility index (Phi) is 3.11. The Morgan fingerprint density at radius 1 is 1.06 bits per heavy atom. The number of anilines is 1. The van der Waals surface area contributed by atoms with Gasteiger partial charge in [-0.3, -0.25) is 9.59 Å². The molecule has 94 valence electrons. The summed E-state index contributed by atoms with van der Waals surface area (Å²) in [5.41, 5.74) is 1.81. The Labute approximate surface area is 112 Å². The zero-order valence-electron chi connectivity index (χ0n) is 10.2. The molecule has 2 amide bonds. The Morgan fingerprint density at radius 2 is 1.56 bits per heavy atom. The highest BCUT2D eigenvalue weighted by Gasteiger charge is 2.35. The van der Waals surface area contributed by atoms with Crippen molar-refractivity contribution in [3.63, 3.8) is 0 Å². The fraction of sp³-hybridized carbons (Fsp3) is 0.231. The van der Waals surface area contributed by atoms with E-state index in [0.29, 0.717) is 22.4 Å². The maximum Gasteiger partial charge on any atom is 0.261 e. The van der Waals surface area contributed by atoms with Gasteiger partial charge in [0.1, 0.15) is 5.82 Å². The summed E-state index contributed by atoms with van der Waals surface area (Å²) < 4.78 is 13.6. The minimum absolute atomic E-state index is 0.228. The van der Waals surface area contributed by atoms with Crippen LogP contribution in [0.25, 0.3) is 0 Å². The molecule has 0 N–H and O–H groups in total. The first kappa shape index (κ1) is 13.0. The van der Waals surface area contributed by atoms with Crippen LogP contribution in [0.15, 0.2) is 27.8 Å². The molecule has 0 spiro atoms. The summed E-state index contributed by atoms with van der Waals surface area (Å²) >= 11 is 3.06. The van der Waals surface area contributed by atoms with Crippen LogP contribution in [0.5, 0.6) is 0 Å². The van der Waals surface area contributed by atoms with Crippen LogP contribution in [0.3, 0.4) is 0 Å². The van der Waals surface area contributed by atoms with Gasteiger partial charge in [0.25, 0.3) is 11.8 Å². The molecule has 3 nitrogen and oxygen atoms in total. The highest BCUT2D eigenvalue weighted by Crippen LogP contribution is 2.32. The summed E-state index contributed by atoms with van der Waals surface area (Å²) in [5.74, 6) is -1.12. The lowest BCUT2D eigenvalue weighted by Gasteiger charge is -2.18. The Hall–Kier alpha value is -1.49. The van der Waals surface area contributed by atoms with Crippen LogP contribution in [0, 0.1) is 12.7 Å². The quantitative estimate of drug-likeness (QED) is 0.747. The van der Waals surface area contributed by atoms with E-state index in [1.807, 2.05) is 0 Å². The molecule has 5 heteroatoms. The highest BCUT2D eigenvalue weighted by molar-refractivity contribution is 9.10. The minimum atomic E-state index is -0.420. The molecular formula is C13H11BrFNO2. The smallest absolute Gasteiger partial charge is 0.261 e. The Morgan fingerprint density at radius 3 is 2.06 bits per heavy atom. The van der Waals surface area contributed by atoms with Crippen LogP contribution in [-0.2, 0) is 9.59 Å². The number of rotatable bonds is 1. The zero-order valence-corrected chi connectivity index (χ0v) is 11.8. The molecule has 0 saturated carbocycles. The maximum absolute atomic E-state index is 13.3. The van der Waals surface area contributed by atoms with Crippen molar-refractivity contribution >= 4 is 33.4 Å². The fourth-order valence-electron chi connectivity index (χ4n) is 1.84. The Bertz CT molecular complexity index is 583. The second-order valence-electron chi connectivity index (χ2n) is 4.25. The van der Waals surface area contributed by atoms with Crippen LogP contribution in [0.2, 0.25) is 0 Å². The van der Waals surface area contributed by atoms with E-state index in [2.05, 4.69) is 15.9 Å². The van der Waals surface area contributed by atoms with Gasteiger partial charge in [0.2, 0.25) is 0 Å². The average molecular weight is 312 g/mol. The minimum Gasteiger partial charge on any atom is -0.269 e. The van der Waals surface area contributed by atoms with E-state index in [9.17, 15) is 14.0 Å². The number of hydrogen-bond acceptors (Lipinski definition) is 2. The van der Waals surface area contributed by atoms with Gasteiger partial charge in [-0.15, -0.1) is 0 Å². The fourth-order valence-corrected chi connectivity index (χ4v) is 2.18. The number of aryl methyl sites for hydroxylation is 1. The third-order valence-corrected chi connectivity index (χ3v) is 3.70. The second kappa shape index (κ2) is 4.31. The van der Waals surface area contributed by atoms with E-state index in [1.54, 1.807) is 20.8 Å². The third kappa shape index (κ3) is 1.79. The SMILES string of the molecule is CC1=C(C)C(=O)N(c2cc(Br)c(F)cc2C)C1=O. The Balaban J connectivity index is 2.56. The summed E-state index contributed by atoms with van der Waals surface area (Å²) in [6, 6.07) is 2.75. The van der Waals surface area contributed by atoms with Crippen LogP contribution in [0.4, 0.5) is 10.1 Å². The number of hydrogen-bond donors (Lipinski definition) is 0. The van der Waals surface area contributed by atoms with E-state index < -0.39 is 5.82 Å². The molecule has 2 rings (SSSR count). The zero-order chi connectivity index (χ0) is 13.6. The van der Waals surface area contributed by atoms with E-state index >= 15 is 0 Å². The van der Waals surface area contributed by atoms with E-state index in [0.717, 1.165) is 4.90 Å². The third-order valence-electron chi connectivity index (χ3n) is 3.09. The summed E-state index contributed by atoms with van der Waals surface area (Å²) in [6.07, 6.45) is 0. The molecule has 0 unspecified atom stereocenters. The molecule has 0 bridgehead atoms. The normalized spacial score (nSPS) is 15.9. The number of benzene rings is 1. The lowest BCUT2D eigenvalue weighted by Crippen LogP contribution is -2.32. The number of amides is 2. The van der Waals surface area contributed by atoms with Crippen LogP contribution < -0.4 is 4.90 Å². The number of halogens is 2. The van der Waals surface area contributed by atoms with Gasteiger partial charge in [0.15, 0.2) is 0 Å². The summed E-state index contributed by atoms with van der Waals surface area (Å²) in [7, 11) is 0. The molecule has 0 aliphatic carbocycles. The number of carbonyl (C=O) groups is 2. The van der Waals surface area contributed by atoms with E-state index in [-0.39, 0.29) is 16.3 Å². The molecule has 1 aliphatic rings. The molecule has 0 radical (unpaired) electrons. The number of carbonyl (C=O) groups excluding carboxylic acids is 2. The monoisotopic (exact) mass is 311 g/mol. The first-order valence-electron chi connectivity index (χ1n) is 5.36. The maximum atomic E-state index is 13.3. The summed E-state index contributed by atoms with van der Waals surface area (Å²) in [6.45, 7) is 4.89. The van der Waals surface area contributed by atoms with Crippen molar-refractivity contribution in [1.82, 2.24) is 0 Å². The molecule has 1 aliphatic heterocycles. The van der Waals surface area contributed by atoms with E-state index in [1.165, 1.54) is 12.1 Å². The van der Waals surface area contributed by atoms with Gasteiger partial charge in [-0.1, -0.05) is 0 Å². The average Bonchev–Trinajstić information content (AvgIpc) is 2.50. The standard InChI is InChI=1S/C13H11BrFNO2/c1-6-4-10(15)9(14)5-11(6)16-12(17)7(2)8(3)13(16)18/h4-5H,1-3H3. The summed E-state index contributed by atoms with van der Waals surface area (Å²) in [5, 5.41) is 0. The molecular weight excluding hydrogens is 301 g/mol. The van der Waals surface area contributed by atoms with Crippen molar-refractivity contribution in [3.8, 4) is 0 Å². The van der Waals surface area contributed by atoms with Crippen molar-refractivity contribution in [2.75, 3.05) is 4.90 Å². The molecule has 1 heterocycles. The van der Waals surface area contributed by atoms with Crippen LogP contribution in [0.1, 0.15) is 19.4 Å². The van der Waals surface area contributed by atoms with Crippen LogP contribution in [-0.4, -0.2) is 11.8 Å². The van der Waals surface area contributed by atoms with E-state index in [4.69, 9.17) is 0 Å². The second-order valence-corrected chi connectivity index (χ2v) is 5.10. The first-order chi connectivity index (χ1) is 8.34. The molecule has 0 aromatic heterocycles. The summed E-state index contributed by atoms with van der Waals surface area (Å²) in [4.78, 5) is 25.1. The van der Waals surface area contributed by atoms with Crippen LogP contribution >= 0.6 is 15.9 Å². The molecule has 1 aromatic carbocycles. The van der Waals surface area contributed by atoms with Crippen molar-refractivity contribution in [2.45, 2.75) is 20.8 Å². The van der Waals surface area contributed by atoms with Crippen molar-refractivity contribution in [2.24, 2.45) is 0 Å². The first-order valence-corrected chi connectivity index (χ1v) is 6.15.